The van der Waals surface area contributed by atoms with Gasteiger partial charge in [-0.05, 0) is 59.7 Å². The van der Waals surface area contributed by atoms with Crippen molar-refractivity contribution in [1.82, 2.24) is 29.9 Å². The molecule has 14 heteroatoms. The second kappa shape index (κ2) is 17.1. The molecule has 2 aliphatic rings. The van der Waals surface area contributed by atoms with Crippen LogP contribution in [0.3, 0.4) is 0 Å². The van der Waals surface area contributed by atoms with Crippen molar-refractivity contribution in [2.45, 2.75) is 13.1 Å². The molecule has 0 saturated carbocycles. The first kappa shape index (κ1) is 37.9. The van der Waals surface area contributed by atoms with Crippen LogP contribution in [0.1, 0.15) is 11.1 Å². The number of para-hydroxylation sites is 2. The van der Waals surface area contributed by atoms with E-state index < -0.39 is 0 Å². The van der Waals surface area contributed by atoms with E-state index in [1.54, 1.807) is 18.5 Å². The summed E-state index contributed by atoms with van der Waals surface area (Å²) in [6.45, 7) is 6.93. The molecule has 0 aliphatic carbocycles. The van der Waals surface area contributed by atoms with Crippen LogP contribution in [0.2, 0.25) is 0 Å². The molecular formula is C45H42F2N10O2. The van der Waals surface area contributed by atoms with Gasteiger partial charge in [-0.25, -0.2) is 33.7 Å². The van der Waals surface area contributed by atoms with Crippen molar-refractivity contribution in [3.63, 3.8) is 0 Å². The molecule has 4 N–H and O–H groups in total. The lowest BCUT2D eigenvalue weighted by atomic mass is 10.0. The van der Waals surface area contributed by atoms with Crippen LogP contribution in [0, 0.1) is 11.6 Å². The maximum absolute atomic E-state index is 14.2. The Balaban J connectivity index is 0.000000160. The molecular weight excluding hydrogens is 751 g/mol. The number of aromatic amines is 1. The Bertz CT molecular complexity index is 2750. The number of halogens is 2. The average Bonchev–Trinajstić information content (AvgIpc) is 3.78. The monoisotopic (exact) mass is 792 g/mol. The lowest BCUT2D eigenvalue weighted by Crippen LogP contribution is -2.36. The summed E-state index contributed by atoms with van der Waals surface area (Å²) in [7, 11) is 0. The van der Waals surface area contributed by atoms with Gasteiger partial charge in [0.15, 0.2) is 11.5 Å². The third-order valence-electron chi connectivity index (χ3n) is 10.6. The zero-order valence-electron chi connectivity index (χ0n) is 32.2. The number of nitrogens with one attached hydrogen (secondary N) is 2. The second-order valence-electron chi connectivity index (χ2n) is 14.3. The van der Waals surface area contributed by atoms with Gasteiger partial charge in [-0.3, -0.25) is 0 Å². The standard InChI is InChI=1S/C25H22FN7O.C20H20FN3O/c26-19-5-1-3-17(12-19)21-18(13-27-24-23-25(29-14-28-23)31-15-30-24)11-16-4-2-6-20(22(16)32-21)33-7-9-34-10-8-33;21-17-5-1-3-15(12-17)19-16(13-22)11-14-4-2-6-18(20(14)23-19)24-7-9-25-10-8-24/h1-6,11-12,14-15H,7-10,13H2,(H2,27,28,29,30,31);1-6,11-12H,7-10,13,22H2. The van der Waals surface area contributed by atoms with E-state index in [4.69, 9.17) is 25.2 Å². The van der Waals surface area contributed by atoms with E-state index in [1.807, 2.05) is 30.3 Å². The Morgan fingerprint density at radius 1 is 0.644 bits per heavy atom. The molecule has 4 aromatic carbocycles. The molecule has 0 spiro atoms. The summed E-state index contributed by atoms with van der Waals surface area (Å²) in [5, 5.41) is 5.44. The van der Waals surface area contributed by atoms with Crippen molar-refractivity contribution in [2.24, 2.45) is 5.73 Å². The van der Waals surface area contributed by atoms with Crippen LogP contribution in [-0.4, -0.2) is 82.5 Å². The molecule has 2 fully saturated rings. The van der Waals surface area contributed by atoms with Crippen LogP contribution in [0.15, 0.2) is 110 Å². The highest BCUT2D eigenvalue weighted by Gasteiger charge is 2.20. The molecule has 0 radical (unpaired) electrons. The maximum Gasteiger partial charge on any atom is 0.182 e. The molecule has 12 nitrogen and oxygen atoms in total. The Morgan fingerprint density at radius 3 is 1.75 bits per heavy atom. The smallest absolute Gasteiger partial charge is 0.182 e. The number of morpholine rings is 2. The molecule has 298 valence electrons. The van der Waals surface area contributed by atoms with Gasteiger partial charge in [0.25, 0.3) is 0 Å². The zero-order chi connectivity index (χ0) is 40.1. The first-order chi connectivity index (χ1) is 29.0. The Hall–Kier alpha value is -6.61. The van der Waals surface area contributed by atoms with E-state index in [-0.39, 0.29) is 11.6 Å². The molecule has 0 amide bonds. The number of ether oxygens (including phenoxy) is 2. The van der Waals surface area contributed by atoms with E-state index in [1.165, 1.54) is 30.6 Å². The number of hydrogen-bond donors (Lipinski definition) is 3. The van der Waals surface area contributed by atoms with Gasteiger partial charge in [0.05, 0.1) is 66.6 Å². The number of nitrogens with two attached hydrogens (primary N) is 1. The van der Waals surface area contributed by atoms with Crippen molar-refractivity contribution in [3.05, 3.63) is 132 Å². The maximum atomic E-state index is 14.2. The van der Waals surface area contributed by atoms with Crippen molar-refractivity contribution < 1.29 is 18.3 Å². The molecule has 6 heterocycles. The molecule has 2 saturated heterocycles. The summed E-state index contributed by atoms with van der Waals surface area (Å²) >= 11 is 0. The van der Waals surface area contributed by atoms with E-state index in [2.05, 4.69) is 65.4 Å². The zero-order valence-corrected chi connectivity index (χ0v) is 32.2. The number of rotatable bonds is 8. The van der Waals surface area contributed by atoms with E-state index in [0.29, 0.717) is 51.0 Å². The van der Waals surface area contributed by atoms with Crippen LogP contribution >= 0.6 is 0 Å². The SMILES string of the molecule is Fc1cccc(-c2nc3c(N4CCOCC4)cccc3cc2CNc2ncnc3nc[nH]c23)c1.NCc1cc2cccc(N3CCOCC3)c2nc1-c1cccc(F)c1. The first-order valence-electron chi connectivity index (χ1n) is 19.6. The summed E-state index contributed by atoms with van der Waals surface area (Å²) in [6, 6.07) is 29.6. The summed E-state index contributed by atoms with van der Waals surface area (Å²) < 4.78 is 38.8. The largest absolute Gasteiger partial charge is 0.378 e. The summed E-state index contributed by atoms with van der Waals surface area (Å²) in [4.78, 5) is 30.4. The van der Waals surface area contributed by atoms with Crippen molar-refractivity contribution in [3.8, 4) is 22.5 Å². The Morgan fingerprint density at radius 2 is 1.19 bits per heavy atom. The summed E-state index contributed by atoms with van der Waals surface area (Å²) in [6.07, 6.45) is 3.07. The molecule has 4 aromatic heterocycles. The highest BCUT2D eigenvalue weighted by atomic mass is 19.1. The molecule has 10 rings (SSSR count). The minimum atomic E-state index is -0.297. The van der Waals surface area contributed by atoms with Gasteiger partial charge in [-0.2, -0.15) is 0 Å². The van der Waals surface area contributed by atoms with E-state index in [0.717, 1.165) is 98.5 Å². The fourth-order valence-corrected chi connectivity index (χ4v) is 7.71. The molecule has 0 bridgehead atoms. The number of imidazole rings is 1. The second-order valence-corrected chi connectivity index (χ2v) is 14.3. The topological polar surface area (TPSA) is 143 Å². The third-order valence-corrected chi connectivity index (χ3v) is 10.6. The number of fused-ring (bicyclic) bond motifs is 3. The third kappa shape index (κ3) is 8.10. The summed E-state index contributed by atoms with van der Waals surface area (Å²) in [5.41, 5.74) is 16.0. The highest BCUT2D eigenvalue weighted by Crippen LogP contribution is 2.34. The van der Waals surface area contributed by atoms with Gasteiger partial charge in [-0.1, -0.05) is 48.5 Å². The fourth-order valence-electron chi connectivity index (χ4n) is 7.71. The minimum Gasteiger partial charge on any atom is -0.378 e. The molecule has 0 unspecified atom stereocenters. The summed E-state index contributed by atoms with van der Waals surface area (Å²) in [5.74, 6) is 0.0772. The van der Waals surface area contributed by atoms with Gasteiger partial charge >= 0.3 is 0 Å². The Labute approximate surface area is 339 Å². The molecule has 2 aliphatic heterocycles. The normalized spacial score (nSPS) is 14.4. The van der Waals surface area contributed by atoms with E-state index >= 15 is 0 Å². The fraction of sp³-hybridized carbons (Fsp3) is 0.222. The lowest BCUT2D eigenvalue weighted by Gasteiger charge is -2.29. The van der Waals surface area contributed by atoms with Crippen molar-refractivity contribution in [2.75, 3.05) is 67.7 Å². The van der Waals surface area contributed by atoms with Crippen LogP contribution < -0.4 is 20.9 Å². The van der Waals surface area contributed by atoms with Gasteiger partial charge in [0, 0.05) is 61.2 Å². The average molecular weight is 793 g/mol. The molecule has 0 atom stereocenters. The number of hydrogen-bond acceptors (Lipinski definition) is 11. The number of anilines is 3. The van der Waals surface area contributed by atoms with Crippen LogP contribution in [0.25, 0.3) is 55.5 Å². The first-order valence-corrected chi connectivity index (χ1v) is 19.6. The van der Waals surface area contributed by atoms with Crippen molar-refractivity contribution >= 4 is 50.2 Å². The van der Waals surface area contributed by atoms with Crippen LogP contribution in [-0.2, 0) is 22.6 Å². The molecule has 8 aromatic rings. The predicted octanol–water partition coefficient (Wildman–Crippen LogP) is 7.49. The molecule has 59 heavy (non-hydrogen) atoms. The van der Waals surface area contributed by atoms with Crippen LogP contribution in [0.4, 0.5) is 26.0 Å². The number of aromatic nitrogens is 6. The lowest BCUT2D eigenvalue weighted by molar-refractivity contribution is 0.122. The number of benzene rings is 4. The van der Waals surface area contributed by atoms with Gasteiger partial charge in [-0.15, -0.1) is 0 Å². The van der Waals surface area contributed by atoms with Crippen molar-refractivity contribution in [1.29, 1.82) is 0 Å². The highest BCUT2D eigenvalue weighted by molar-refractivity contribution is 5.95. The number of pyridine rings is 2. The number of H-pyrrole nitrogens is 1. The van der Waals surface area contributed by atoms with Gasteiger partial charge < -0.3 is 35.3 Å². The van der Waals surface area contributed by atoms with Crippen LogP contribution in [0.5, 0.6) is 0 Å². The van der Waals surface area contributed by atoms with E-state index in [9.17, 15) is 8.78 Å². The Kier molecular flexibility index (Phi) is 11.0. The minimum absolute atomic E-state index is 0.274. The quantitative estimate of drug-likeness (QED) is 0.141. The number of nitrogens with zero attached hydrogens (tertiary/aromatic N) is 7. The van der Waals surface area contributed by atoms with Gasteiger partial charge in [0.1, 0.15) is 23.5 Å². The van der Waals surface area contributed by atoms with Gasteiger partial charge in [0.2, 0.25) is 0 Å². The predicted molar refractivity (Wildman–Crippen MR) is 227 cm³/mol.